The molecule has 3 aromatic rings. The van der Waals surface area contributed by atoms with Gasteiger partial charge in [0.1, 0.15) is 11.5 Å². The summed E-state index contributed by atoms with van der Waals surface area (Å²) in [5, 5.41) is -4.00. The van der Waals surface area contributed by atoms with Gasteiger partial charge in [0.05, 0.1) is 0 Å². The molecule has 2 nitrogen and oxygen atoms in total. The molecule has 3 aromatic carbocycles. The van der Waals surface area contributed by atoms with E-state index in [1.165, 1.54) is 30.3 Å². The molecular formula is C24H15ClF6O2. The molecule has 0 unspecified atom stereocenters. The fraction of sp³-hybridized carbons (Fsp3) is 0.0833. The minimum absolute atomic E-state index is 0.0980. The van der Waals surface area contributed by atoms with Gasteiger partial charge in [-0.25, -0.2) is 4.39 Å². The number of halogens is 7. The summed E-state index contributed by atoms with van der Waals surface area (Å²) < 4.78 is 89.4. The molecule has 0 N–H and O–H groups in total. The molecule has 0 bridgehead atoms. The molecule has 0 fully saturated rings. The van der Waals surface area contributed by atoms with E-state index in [1.807, 2.05) is 0 Å². The Hall–Kier alpha value is -3.39. The monoisotopic (exact) mass is 484 g/mol. The second-order valence-corrected chi connectivity index (χ2v) is 7.06. The molecule has 9 heteroatoms. The van der Waals surface area contributed by atoms with Gasteiger partial charge in [-0.15, -0.1) is 13.2 Å². The average Bonchev–Trinajstić information content (AvgIpc) is 2.73. The first-order valence-electron chi connectivity index (χ1n) is 9.36. The molecule has 0 saturated carbocycles. The number of allylic oxidation sites excluding steroid dienone is 3. The van der Waals surface area contributed by atoms with Crippen LogP contribution in [0.3, 0.4) is 0 Å². The number of hydrogen-bond acceptors (Lipinski definition) is 2. The highest BCUT2D eigenvalue weighted by Crippen LogP contribution is 2.41. The maximum atomic E-state index is 14.1. The molecule has 0 aliphatic heterocycles. The van der Waals surface area contributed by atoms with Crippen LogP contribution in [0.4, 0.5) is 26.3 Å². The highest BCUT2D eigenvalue weighted by Gasteiger charge is 2.37. The molecule has 0 aromatic heterocycles. The normalized spacial score (nSPS) is 12.8. The zero-order valence-electron chi connectivity index (χ0n) is 16.6. The predicted octanol–water partition coefficient (Wildman–Crippen LogP) is 8.45. The highest BCUT2D eigenvalue weighted by molar-refractivity contribution is 6.28. The Morgan fingerprint density at radius 3 is 2.15 bits per heavy atom. The maximum Gasteiger partial charge on any atom is 0.573 e. The molecule has 3 rings (SSSR count). The molecule has 0 saturated heterocycles. The van der Waals surface area contributed by atoms with Gasteiger partial charge in [-0.2, -0.15) is 8.78 Å². The summed E-state index contributed by atoms with van der Waals surface area (Å²) in [6.07, 6.45) is -1.74. The van der Waals surface area contributed by atoms with Crippen molar-refractivity contribution in [1.29, 1.82) is 0 Å². The van der Waals surface area contributed by atoms with Crippen molar-refractivity contribution in [3.8, 4) is 17.2 Å². The standard InChI is InChI=1S/C24H15ClF6O2/c25-23(27,28)19(18-10-4-5-12-21(18)33-24(29,30)31)11-6-7-16-13-14-20(26)22(15-16)32-17-8-2-1-3-9-17/h1-15H/b7-6+,19-11+. The topological polar surface area (TPSA) is 18.5 Å². The van der Waals surface area contributed by atoms with Gasteiger partial charge in [0.25, 0.3) is 0 Å². The number of para-hydroxylation sites is 2. The second kappa shape index (κ2) is 10.0. The Kier molecular flexibility index (Phi) is 7.38. The zero-order chi connectivity index (χ0) is 24.1. The van der Waals surface area contributed by atoms with E-state index in [0.717, 1.165) is 30.4 Å². The van der Waals surface area contributed by atoms with Crippen LogP contribution in [0.2, 0.25) is 0 Å². The number of ether oxygens (including phenoxy) is 2. The first-order chi connectivity index (χ1) is 15.5. The summed E-state index contributed by atoms with van der Waals surface area (Å²) in [4.78, 5) is 0. The van der Waals surface area contributed by atoms with Crippen molar-refractivity contribution in [3.63, 3.8) is 0 Å². The van der Waals surface area contributed by atoms with E-state index in [0.29, 0.717) is 11.3 Å². The Bertz CT molecular complexity index is 1150. The summed E-state index contributed by atoms with van der Waals surface area (Å²) in [6.45, 7) is 0. The van der Waals surface area contributed by atoms with Gasteiger partial charge in [-0.05, 0) is 47.5 Å². The van der Waals surface area contributed by atoms with E-state index >= 15 is 0 Å². The van der Waals surface area contributed by atoms with Crippen molar-refractivity contribution >= 4 is 23.3 Å². The molecule has 0 aliphatic carbocycles. The molecule has 33 heavy (non-hydrogen) atoms. The van der Waals surface area contributed by atoms with Crippen LogP contribution < -0.4 is 9.47 Å². The van der Waals surface area contributed by atoms with Crippen LogP contribution in [-0.2, 0) is 0 Å². The summed E-state index contributed by atoms with van der Waals surface area (Å²) >= 11 is 5.15. The van der Waals surface area contributed by atoms with Crippen molar-refractivity contribution in [3.05, 3.63) is 102 Å². The molecular weight excluding hydrogens is 470 g/mol. The lowest BCUT2D eigenvalue weighted by molar-refractivity contribution is -0.274. The van der Waals surface area contributed by atoms with Crippen molar-refractivity contribution in [2.45, 2.75) is 11.7 Å². The Balaban J connectivity index is 1.91. The second-order valence-electron chi connectivity index (χ2n) is 6.59. The van der Waals surface area contributed by atoms with Gasteiger partial charge in [0, 0.05) is 11.1 Å². The minimum Gasteiger partial charge on any atom is -0.454 e. The van der Waals surface area contributed by atoms with Gasteiger partial charge < -0.3 is 9.47 Å². The van der Waals surface area contributed by atoms with E-state index in [-0.39, 0.29) is 5.75 Å². The predicted molar refractivity (Wildman–Crippen MR) is 114 cm³/mol. The number of alkyl halides is 6. The molecule has 0 atom stereocenters. The van der Waals surface area contributed by atoms with Crippen LogP contribution in [0, 0.1) is 5.82 Å². The van der Waals surface area contributed by atoms with Crippen molar-refractivity contribution in [2.24, 2.45) is 0 Å². The molecule has 0 aliphatic rings. The van der Waals surface area contributed by atoms with Crippen LogP contribution in [0.15, 0.2) is 84.9 Å². The average molecular weight is 485 g/mol. The summed E-state index contributed by atoms with van der Waals surface area (Å²) in [5.41, 5.74) is -1.06. The van der Waals surface area contributed by atoms with Crippen LogP contribution >= 0.6 is 11.6 Å². The van der Waals surface area contributed by atoms with Gasteiger partial charge in [0.15, 0.2) is 11.6 Å². The third-order valence-corrected chi connectivity index (χ3v) is 4.39. The number of hydrogen-bond donors (Lipinski definition) is 0. The van der Waals surface area contributed by atoms with Crippen LogP contribution in [0.1, 0.15) is 11.1 Å². The number of benzene rings is 3. The third kappa shape index (κ3) is 7.05. The third-order valence-electron chi connectivity index (χ3n) is 4.19. The van der Waals surface area contributed by atoms with Crippen LogP contribution in [0.25, 0.3) is 11.6 Å². The lowest BCUT2D eigenvalue weighted by atomic mass is 10.0. The van der Waals surface area contributed by atoms with E-state index in [9.17, 15) is 26.3 Å². The fourth-order valence-electron chi connectivity index (χ4n) is 2.81. The summed E-state index contributed by atoms with van der Waals surface area (Å²) in [5.74, 6) is -1.18. The largest absolute Gasteiger partial charge is 0.573 e. The van der Waals surface area contributed by atoms with Crippen LogP contribution in [-0.4, -0.2) is 11.7 Å². The molecule has 0 amide bonds. The number of rotatable bonds is 7. The van der Waals surface area contributed by atoms with Gasteiger partial charge in [-0.1, -0.05) is 60.7 Å². The Morgan fingerprint density at radius 2 is 1.48 bits per heavy atom. The fourth-order valence-corrected chi connectivity index (χ4v) is 2.98. The molecule has 172 valence electrons. The highest BCUT2D eigenvalue weighted by atomic mass is 35.5. The Labute approximate surface area is 190 Å². The lowest BCUT2D eigenvalue weighted by Crippen LogP contribution is -2.19. The molecule has 0 spiro atoms. The van der Waals surface area contributed by atoms with E-state index < -0.39 is 34.4 Å². The van der Waals surface area contributed by atoms with Gasteiger partial charge in [-0.3, -0.25) is 0 Å². The van der Waals surface area contributed by atoms with E-state index in [1.54, 1.807) is 30.3 Å². The van der Waals surface area contributed by atoms with E-state index in [4.69, 9.17) is 16.3 Å². The van der Waals surface area contributed by atoms with Gasteiger partial charge in [0.2, 0.25) is 0 Å². The smallest absolute Gasteiger partial charge is 0.454 e. The minimum atomic E-state index is -5.08. The SMILES string of the molecule is Fc1ccc(/C=C/C=C(\c2ccccc2OC(F)(F)F)C(F)(F)Cl)cc1Oc1ccccc1. The van der Waals surface area contributed by atoms with Crippen molar-refractivity contribution in [1.82, 2.24) is 0 Å². The quantitative estimate of drug-likeness (QED) is 0.190. The summed E-state index contributed by atoms with van der Waals surface area (Å²) in [7, 11) is 0. The summed E-state index contributed by atoms with van der Waals surface area (Å²) in [6, 6.07) is 16.7. The van der Waals surface area contributed by atoms with Crippen LogP contribution in [0.5, 0.6) is 17.2 Å². The lowest BCUT2D eigenvalue weighted by Gasteiger charge is -2.18. The first kappa shape index (κ1) is 24.3. The molecule has 0 heterocycles. The van der Waals surface area contributed by atoms with Crippen molar-refractivity contribution < 1.29 is 35.8 Å². The van der Waals surface area contributed by atoms with E-state index in [2.05, 4.69) is 4.74 Å². The molecule has 0 radical (unpaired) electrons. The zero-order valence-corrected chi connectivity index (χ0v) is 17.4. The maximum absolute atomic E-state index is 14.1. The Morgan fingerprint density at radius 1 is 0.818 bits per heavy atom. The van der Waals surface area contributed by atoms with Crippen molar-refractivity contribution in [2.75, 3.05) is 0 Å². The van der Waals surface area contributed by atoms with Gasteiger partial charge >= 0.3 is 11.7 Å². The first-order valence-corrected chi connectivity index (χ1v) is 9.74.